The number of amides is 4. The van der Waals surface area contributed by atoms with Crippen molar-refractivity contribution in [1.82, 2.24) is 16.0 Å². The van der Waals surface area contributed by atoms with E-state index in [1.165, 1.54) is 11.8 Å². The largest absolute Gasteiger partial charge is 0.480 e. The van der Waals surface area contributed by atoms with Gasteiger partial charge < -0.3 is 37.6 Å². The van der Waals surface area contributed by atoms with Crippen molar-refractivity contribution in [2.75, 3.05) is 18.6 Å². The van der Waals surface area contributed by atoms with Gasteiger partial charge in [-0.25, -0.2) is 4.79 Å². The maximum Gasteiger partial charge on any atom is 0.326 e. The summed E-state index contributed by atoms with van der Waals surface area (Å²) in [5, 5.41) is 26.0. The van der Waals surface area contributed by atoms with Crippen molar-refractivity contribution in [3.8, 4) is 0 Å². The van der Waals surface area contributed by atoms with E-state index in [1.54, 1.807) is 6.26 Å². The molecule has 4 amide bonds. The zero-order valence-electron chi connectivity index (χ0n) is 18.6. The summed E-state index contributed by atoms with van der Waals surface area (Å²) in [7, 11) is 0. The van der Waals surface area contributed by atoms with E-state index in [-0.39, 0.29) is 31.6 Å². The number of aliphatic carboxylic acids is 1. The summed E-state index contributed by atoms with van der Waals surface area (Å²) in [6.45, 7) is 2.87. The third kappa shape index (κ3) is 11.9. The zero-order valence-corrected chi connectivity index (χ0v) is 19.4. The number of carboxylic acids is 1. The molecule has 0 aromatic rings. The van der Waals surface area contributed by atoms with Crippen molar-refractivity contribution < 1.29 is 34.2 Å². The van der Waals surface area contributed by atoms with Gasteiger partial charge in [-0.1, -0.05) is 13.8 Å². The molecule has 0 aliphatic heterocycles. The van der Waals surface area contributed by atoms with Gasteiger partial charge in [0.1, 0.15) is 18.1 Å². The summed E-state index contributed by atoms with van der Waals surface area (Å²) in [4.78, 5) is 59.6. The van der Waals surface area contributed by atoms with E-state index < -0.39 is 60.4 Å². The van der Waals surface area contributed by atoms with Crippen LogP contribution in [-0.2, 0) is 24.0 Å². The molecule has 0 radical (unpaired) electrons. The summed E-state index contributed by atoms with van der Waals surface area (Å²) in [6, 6.07) is -4.70. The molecule has 0 aromatic heterocycles. The van der Waals surface area contributed by atoms with Crippen molar-refractivity contribution in [3.05, 3.63) is 0 Å². The molecular formula is C19H35N5O7S. The number of carboxylic acid groups (broad SMARTS) is 1. The summed E-state index contributed by atoms with van der Waals surface area (Å²) < 4.78 is 0. The molecule has 13 heteroatoms. The van der Waals surface area contributed by atoms with Crippen LogP contribution in [-0.4, -0.2) is 82.6 Å². The van der Waals surface area contributed by atoms with E-state index in [4.69, 9.17) is 11.5 Å². The third-order valence-electron chi connectivity index (χ3n) is 4.42. The van der Waals surface area contributed by atoms with Crippen molar-refractivity contribution in [2.24, 2.45) is 17.4 Å². The second kappa shape index (κ2) is 15.4. The number of hydrogen-bond donors (Lipinski definition) is 7. The highest BCUT2D eigenvalue weighted by Gasteiger charge is 2.30. The molecule has 184 valence electrons. The van der Waals surface area contributed by atoms with Crippen LogP contribution in [0, 0.1) is 5.92 Å². The normalized spacial score (nSPS) is 14.7. The van der Waals surface area contributed by atoms with E-state index in [0.717, 1.165) is 0 Å². The molecule has 4 atom stereocenters. The number of thioether (sulfide) groups is 1. The molecule has 4 unspecified atom stereocenters. The first-order valence-corrected chi connectivity index (χ1v) is 11.6. The van der Waals surface area contributed by atoms with E-state index in [9.17, 15) is 34.2 Å². The third-order valence-corrected chi connectivity index (χ3v) is 5.06. The molecule has 0 aromatic carbocycles. The second-order valence-corrected chi connectivity index (χ2v) is 8.71. The Hall–Kier alpha value is -2.38. The molecule has 0 spiro atoms. The maximum atomic E-state index is 12.7. The Balaban J connectivity index is 5.18. The standard InChI is InChI=1S/C19H35N5O7S/c1-10(2)8-13(19(30)31)23-17(28)12(6-7-32-3)22-18(29)14(9-25)24-16(27)11(20)4-5-15(21)26/h10-14,25H,4-9,20H2,1-3H3,(H2,21,26)(H,22,29)(H,23,28)(H,24,27)(H,30,31). The summed E-state index contributed by atoms with van der Waals surface area (Å²) in [5.41, 5.74) is 10.7. The van der Waals surface area contributed by atoms with Gasteiger partial charge in [0.2, 0.25) is 23.6 Å². The lowest BCUT2D eigenvalue weighted by Gasteiger charge is -2.24. The Labute approximate surface area is 191 Å². The topological polar surface area (TPSA) is 214 Å². The van der Waals surface area contributed by atoms with Crippen molar-refractivity contribution in [3.63, 3.8) is 0 Å². The first kappa shape index (κ1) is 29.6. The average Bonchev–Trinajstić information content (AvgIpc) is 2.71. The fraction of sp³-hybridized carbons (Fsp3) is 0.737. The Morgan fingerprint density at radius 2 is 1.44 bits per heavy atom. The molecule has 0 saturated carbocycles. The minimum atomic E-state index is -1.39. The van der Waals surface area contributed by atoms with E-state index in [0.29, 0.717) is 5.75 Å². The Morgan fingerprint density at radius 3 is 1.91 bits per heavy atom. The summed E-state index contributed by atoms with van der Waals surface area (Å²) in [5.74, 6) is -3.59. The summed E-state index contributed by atoms with van der Waals surface area (Å²) >= 11 is 1.43. The number of hydrogen-bond acceptors (Lipinski definition) is 8. The smallest absolute Gasteiger partial charge is 0.326 e. The number of nitrogens with two attached hydrogens (primary N) is 2. The Kier molecular flexibility index (Phi) is 14.3. The molecule has 0 fully saturated rings. The van der Waals surface area contributed by atoms with Crippen LogP contribution in [0.3, 0.4) is 0 Å². The number of rotatable bonds is 16. The quantitative estimate of drug-likeness (QED) is 0.129. The van der Waals surface area contributed by atoms with E-state index >= 15 is 0 Å². The van der Waals surface area contributed by atoms with Gasteiger partial charge in [-0.05, 0) is 37.2 Å². The Morgan fingerprint density at radius 1 is 0.906 bits per heavy atom. The van der Waals surface area contributed by atoms with Crippen LogP contribution in [0.15, 0.2) is 0 Å². The number of carbonyl (C=O) groups is 5. The SMILES string of the molecule is CSCCC(NC(=O)C(CO)NC(=O)C(N)CCC(N)=O)C(=O)NC(CC(C)C)C(=O)O. The zero-order chi connectivity index (χ0) is 24.8. The van der Waals surface area contributed by atoms with Gasteiger partial charge in [0.15, 0.2) is 0 Å². The fourth-order valence-electron chi connectivity index (χ4n) is 2.64. The molecule has 0 aliphatic rings. The molecule has 0 aliphatic carbocycles. The van der Waals surface area contributed by atoms with Gasteiger partial charge in [-0.15, -0.1) is 0 Å². The molecule has 0 bridgehead atoms. The van der Waals surface area contributed by atoms with Gasteiger partial charge in [0, 0.05) is 6.42 Å². The van der Waals surface area contributed by atoms with Crippen LogP contribution >= 0.6 is 11.8 Å². The fourth-order valence-corrected chi connectivity index (χ4v) is 3.12. The van der Waals surface area contributed by atoms with Crippen LogP contribution in [0.1, 0.15) is 39.5 Å². The molecule has 9 N–H and O–H groups in total. The molecule has 0 rings (SSSR count). The van der Waals surface area contributed by atoms with Gasteiger partial charge in [0.05, 0.1) is 12.6 Å². The molecule has 0 saturated heterocycles. The predicted molar refractivity (Wildman–Crippen MR) is 119 cm³/mol. The van der Waals surface area contributed by atoms with Crippen LogP contribution in [0.4, 0.5) is 0 Å². The van der Waals surface area contributed by atoms with Crippen molar-refractivity contribution in [2.45, 2.75) is 63.7 Å². The number of primary amides is 1. The van der Waals surface area contributed by atoms with E-state index in [2.05, 4.69) is 16.0 Å². The van der Waals surface area contributed by atoms with Crippen LogP contribution < -0.4 is 27.4 Å². The lowest BCUT2D eigenvalue weighted by molar-refractivity contribution is -0.142. The molecule has 32 heavy (non-hydrogen) atoms. The average molecular weight is 478 g/mol. The second-order valence-electron chi connectivity index (χ2n) is 7.73. The maximum absolute atomic E-state index is 12.7. The van der Waals surface area contributed by atoms with Crippen molar-refractivity contribution in [1.29, 1.82) is 0 Å². The van der Waals surface area contributed by atoms with Crippen molar-refractivity contribution >= 4 is 41.4 Å². The van der Waals surface area contributed by atoms with Crippen LogP contribution in [0.5, 0.6) is 0 Å². The number of carbonyl (C=O) groups excluding carboxylic acids is 4. The number of aliphatic hydroxyl groups excluding tert-OH is 1. The number of aliphatic hydroxyl groups is 1. The minimum absolute atomic E-state index is 0.0170. The molecular weight excluding hydrogens is 442 g/mol. The van der Waals surface area contributed by atoms with Crippen LogP contribution in [0.25, 0.3) is 0 Å². The Bertz CT molecular complexity index is 662. The minimum Gasteiger partial charge on any atom is -0.480 e. The highest BCUT2D eigenvalue weighted by molar-refractivity contribution is 7.98. The molecule has 12 nitrogen and oxygen atoms in total. The van der Waals surface area contributed by atoms with Gasteiger partial charge in [0.25, 0.3) is 0 Å². The van der Waals surface area contributed by atoms with Gasteiger partial charge >= 0.3 is 5.97 Å². The summed E-state index contributed by atoms with van der Waals surface area (Å²) in [6.07, 6.45) is 2.06. The number of nitrogens with one attached hydrogen (secondary N) is 3. The lowest BCUT2D eigenvalue weighted by atomic mass is 10.0. The van der Waals surface area contributed by atoms with Gasteiger partial charge in [-0.2, -0.15) is 11.8 Å². The first-order chi connectivity index (χ1) is 14.9. The highest BCUT2D eigenvalue weighted by Crippen LogP contribution is 2.07. The first-order valence-electron chi connectivity index (χ1n) is 10.2. The van der Waals surface area contributed by atoms with Gasteiger partial charge in [-0.3, -0.25) is 19.2 Å². The monoisotopic (exact) mass is 477 g/mol. The highest BCUT2D eigenvalue weighted by atomic mass is 32.2. The van der Waals surface area contributed by atoms with Crippen LogP contribution in [0.2, 0.25) is 0 Å². The lowest BCUT2D eigenvalue weighted by Crippen LogP contribution is -2.58. The molecule has 0 heterocycles. The van der Waals surface area contributed by atoms with E-state index in [1.807, 2.05) is 13.8 Å². The predicted octanol–water partition coefficient (Wildman–Crippen LogP) is -2.09.